The quantitative estimate of drug-likeness (QED) is 0.823. The highest BCUT2D eigenvalue weighted by Gasteiger charge is 2.12. The molecule has 6 nitrogen and oxygen atoms in total. The third kappa shape index (κ3) is 1.96. The van der Waals surface area contributed by atoms with Gasteiger partial charge in [0.2, 0.25) is 0 Å². The fraction of sp³-hybridized carbons (Fsp3) is 0.182. The van der Waals surface area contributed by atoms with E-state index in [9.17, 15) is 9.59 Å². The Morgan fingerprint density at radius 2 is 2.12 bits per heavy atom. The second-order valence-electron chi connectivity index (χ2n) is 3.74. The van der Waals surface area contributed by atoms with Crippen LogP contribution in [0.5, 0.6) is 0 Å². The SMILES string of the molecule is Cc1cc(=O)c(C(=O)O)cn1-c1cnn(C)c1. The first kappa shape index (κ1) is 11.1. The smallest absolute Gasteiger partial charge is 0.341 e. The van der Waals surface area contributed by atoms with E-state index < -0.39 is 11.4 Å². The van der Waals surface area contributed by atoms with E-state index >= 15 is 0 Å². The van der Waals surface area contributed by atoms with Crippen LogP contribution >= 0.6 is 0 Å². The van der Waals surface area contributed by atoms with Crippen LogP contribution in [0.3, 0.4) is 0 Å². The minimum absolute atomic E-state index is 0.251. The first-order valence-corrected chi connectivity index (χ1v) is 4.94. The van der Waals surface area contributed by atoms with Crippen LogP contribution in [0, 0.1) is 6.92 Å². The molecule has 2 rings (SSSR count). The second kappa shape index (κ2) is 3.89. The molecule has 0 aromatic carbocycles. The number of hydrogen-bond donors (Lipinski definition) is 1. The van der Waals surface area contributed by atoms with Gasteiger partial charge in [0.05, 0.1) is 11.9 Å². The van der Waals surface area contributed by atoms with Crippen LogP contribution in [0.2, 0.25) is 0 Å². The highest BCUT2D eigenvalue weighted by molar-refractivity contribution is 5.87. The zero-order valence-electron chi connectivity index (χ0n) is 9.41. The zero-order chi connectivity index (χ0) is 12.6. The molecule has 0 saturated heterocycles. The lowest BCUT2D eigenvalue weighted by Crippen LogP contribution is -2.18. The summed E-state index contributed by atoms with van der Waals surface area (Å²) in [5.41, 5.74) is 0.634. The molecule has 0 atom stereocenters. The number of aromatic carboxylic acids is 1. The number of carbonyl (C=O) groups is 1. The van der Waals surface area contributed by atoms with Gasteiger partial charge >= 0.3 is 5.97 Å². The van der Waals surface area contributed by atoms with Gasteiger partial charge in [-0.1, -0.05) is 0 Å². The number of hydrogen-bond acceptors (Lipinski definition) is 3. The molecular weight excluding hydrogens is 222 g/mol. The average Bonchev–Trinajstić information content (AvgIpc) is 2.64. The molecule has 17 heavy (non-hydrogen) atoms. The van der Waals surface area contributed by atoms with Crippen molar-refractivity contribution in [1.82, 2.24) is 14.3 Å². The molecule has 88 valence electrons. The molecule has 2 heterocycles. The molecule has 2 aromatic rings. The standard InChI is InChI=1S/C11H11N3O3/c1-7-3-10(15)9(11(16)17)6-14(7)8-4-12-13(2)5-8/h3-6H,1-2H3,(H,16,17). The predicted octanol–water partition coefficient (Wildman–Crippen LogP) is 0.578. The van der Waals surface area contributed by atoms with Gasteiger partial charge in [-0.3, -0.25) is 9.48 Å². The first-order valence-electron chi connectivity index (χ1n) is 4.94. The maximum Gasteiger partial charge on any atom is 0.341 e. The normalized spacial score (nSPS) is 10.5. The molecule has 0 aliphatic rings. The first-order chi connectivity index (χ1) is 7.99. The van der Waals surface area contributed by atoms with E-state index in [0.717, 1.165) is 0 Å². The van der Waals surface area contributed by atoms with E-state index in [1.807, 2.05) is 0 Å². The fourth-order valence-electron chi connectivity index (χ4n) is 1.60. The lowest BCUT2D eigenvalue weighted by molar-refractivity contribution is 0.0695. The third-order valence-electron chi connectivity index (χ3n) is 2.44. The van der Waals surface area contributed by atoms with Crippen molar-refractivity contribution >= 4 is 5.97 Å². The molecule has 2 aromatic heterocycles. The molecular formula is C11H11N3O3. The van der Waals surface area contributed by atoms with Crippen molar-refractivity contribution in [1.29, 1.82) is 0 Å². The molecule has 1 N–H and O–H groups in total. The molecule has 0 radical (unpaired) electrons. The van der Waals surface area contributed by atoms with Crippen LogP contribution in [0.15, 0.2) is 29.5 Å². The summed E-state index contributed by atoms with van der Waals surface area (Å²) >= 11 is 0. The zero-order valence-corrected chi connectivity index (χ0v) is 9.41. The van der Waals surface area contributed by atoms with Gasteiger partial charge in [-0.25, -0.2) is 4.79 Å². The molecule has 6 heteroatoms. The van der Waals surface area contributed by atoms with Crippen LogP contribution < -0.4 is 5.43 Å². The fourth-order valence-corrected chi connectivity index (χ4v) is 1.60. The maximum atomic E-state index is 11.5. The summed E-state index contributed by atoms with van der Waals surface area (Å²) in [4.78, 5) is 22.3. The molecule has 0 unspecified atom stereocenters. The van der Waals surface area contributed by atoms with Gasteiger partial charge in [-0.2, -0.15) is 5.10 Å². The van der Waals surface area contributed by atoms with E-state index in [0.29, 0.717) is 11.4 Å². The van der Waals surface area contributed by atoms with Crippen LogP contribution in [0.4, 0.5) is 0 Å². The monoisotopic (exact) mass is 233 g/mol. The van der Waals surface area contributed by atoms with Gasteiger partial charge in [-0.05, 0) is 6.92 Å². The highest BCUT2D eigenvalue weighted by atomic mass is 16.4. The van der Waals surface area contributed by atoms with Crippen LogP contribution in [-0.2, 0) is 7.05 Å². The Balaban J connectivity index is 2.66. The van der Waals surface area contributed by atoms with Crippen molar-refractivity contribution in [3.8, 4) is 5.69 Å². The number of pyridine rings is 1. The van der Waals surface area contributed by atoms with Crippen molar-refractivity contribution in [3.05, 3.63) is 46.1 Å². The summed E-state index contributed by atoms with van der Waals surface area (Å²) in [6.45, 7) is 1.74. The largest absolute Gasteiger partial charge is 0.477 e. The lowest BCUT2D eigenvalue weighted by atomic mass is 10.2. The van der Waals surface area contributed by atoms with Crippen molar-refractivity contribution in [2.45, 2.75) is 6.92 Å². The Hall–Kier alpha value is -2.37. The summed E-state index contributed by atoms with van der Waals surface area (Å²) < 4.78 is 3.23. The van der Waals surface area contributed by atoms with Gasteiger partial charge < -0.3 is 9.67 Å². The van der Waals surface area contributed by atoms with E-state index in [-0.39, 0.29) is 5.56 Å². The van der Waals surface area contributed by atoms with Crippen molar-refractivity contribution in [2.75, 3.05) is 0 Å². The van der Waals surface area contributed by atoms with Crippen LogP contribution in [0.25, 0.3) is 5.69 Å². The molecule has 0 bridgehead atoms. The summed E-state index contributed by atoms with van der Waals surface area (Å²) in [6, 6.07) is 1.30. The summed E-state index contributed by atoms with van der Waals surface area (Å²) in [5.74, 6) is -1.23. The number of aryl methyl sites for hydroxylation is 2. The van der Waals surface area contributed by atoms with E-state index in [1.165, 1.54) is 12.3 Å². The molecule has 0 aliphatic heterocycles. The van der Waals surface area contributed by atoms with E-state index in [1.54, 1.807) is 35.6 Å². The van der Waals surface area contributed by atoms with Gasteiger partial charge in [0.25, 0.3) is 0 Å². The number of carboxylic acids is 1. The third-order valence-corrected chi connectivity index (χ3v) is 2.44. The minimum atomic E-state index is -1.23. The molecule has 0 spiro atoms. The number of rotatable bonds is 2. The van der Waals surface area contributed by atoms with Gasteiger partial charge in [0.15, 0.2) is 5.43 Å². The van der Waals surface area contributed by atoms with Gasteiger partial charge in [-0.15, -0.1) is 0 Å². The topological polar surface area (TPSA) is 77.1 Å². The van der Waals surface area contributed by atoms with Gasteiger partial charge in [0, 0.05) is 31.2 Å². The van der Waals surface area contributed by atoms with Crippen molar-refractivity contribution in [3.63, 3.8) is 0 Å². The van der Waals surface area contributed by atoms with Crippen molar-refractivity contribution < 1.29 is 9.90 Å². The molecule has 0 fully saturated rings. The van der Waals surface area contributed by atoms with E-state index in [4.69, 9.17) is 5.11 Å². The Labute approximate surface area is 96.7 Å². The van der Waals surface area contributed by atoms with E-state index in [2.05, 4.69) is 5.10 Å². The van der Waals surface area contributed by atoms with Crippen LogP contribution in [-0.4, -0.2) is 25.4 Å². The Kier molecular flexibility index (Phi) is 2.55. The number of carboxylic acid groups (broad SMARTS) is 1. The predicted molar refractivity (Wildman–Crippen MR) is 60.5 cm³/mol. The Morgan fingerprint density at radius 1 is 1.41 bits per heavy atom. The summed E-state index contributed by atoms with van der Waals surface area (Å²) in [6.07, 6.45) is 4.66. The highest BCUT2D eigenvalue weighted by Crippen LogP contribution is 2.09. The molecule has 0 amide bonds. The minimum Gasteiger partial charge on any atom is -0.477 e. The lowest BCUT2D eigenvalue weighted by Gasteiger charge is -2.08. The second-order valence-corrected chi connectivity index (χ2v) is 3.74. The van der Waals surface area contributed by atoms with Crippen LogP contribution in [0.1, 0.15) is 16.1 Å². The Morgan fingerprint density at radius 3 is 2.65 bits per heavy atom. The number of aromatic nitrogens is 3. The van der Waals surface area contributed by atoms with Gasteiger partial charge in [0.1, 0.15) is 5.56 Å². The average molecular weight is 233 g/mol. The molecule has 0 saturated carbocycles. The molecule has 0 aliphatic carbocycles. The maximum absolute atomic E-state index is 11.5. The van der Waals surface area contributed by atoms with Crippen molar-refractivity contribution in [2.24, 2.45) is 7.05 Å². The summed E-state index contributed by atoms with van der Waals surface area (Å²) in [7, 11) is 1.76. The summed E-state index contributed by atoms with van der Waals surface area (Å²) in [5, 5.41) is 12.9. The Bertz CT molecular complexity index is 640. The number of nitrogens with zero attached hydrogens (tertiary/aromatic N) is 3.